The smallest absolute Gasteiger partial charge is 0.197 e. The molecule has 1 unspecified atom stereocenters. The molecule has 1 atom stereocenters. The molecule has 192 valence electrons. The molecular weight excluding hydrogens is 544 g/mol. The Balaban J connectivity index is 1.50. The van der Waals surface area contributed by atoms with Crippen molar-refractivity contribution < 1.29 is 4.57 Å². The molecule has 0 amide bonds. The van der Waals surface area contributed by atoms with Crippen LogP contribution in [0, 0.1) is 0 Å². The summed E-state index contributed by atoms with van der Waals surface area (Å²) in [6.45, 7) is -1.61. The van der Waals surface area contributed by atoms with E-state index >= 15 is 0 Å². The molecule has 0 radical (unpaired) electrons. The highest BCUT2D eigenvalue weighted by molar-refractivity contribution is 8.34. The fourth-order valence-corrected chi connectivity index (χ4v) is 6.84. The van der Waals surface area contributed by atoms with Gasteiger partial charge in [-0.1, -0.05) is 109 Å². The van der Waals surface area contributed by atoms with E-state index in [1.165, 1.54) is 22.3 Å². The molecule has 0 bridgehead atoms. The Morgan fingerprint density at radius 1 is 0.375 bits per heavy atom. The molecule has 0 saturated heterocycles. The molecule has 0 aromatic heterocycles. The van der Waals surface area contributed by atoms with Crippen molar-refractivity contribution in [3.05, 3.63) is 152 Å². The van der Waals surface area contributed by atoms with Gasteiger partial charge < -0.3 is 0 Å². The molecule has 0 aliphatic heterocycles. The molecule has 40 heavy (non-hydrogen) atoms. The minimum Gasteiger partial charge on any atom is -0.265 e. The summed E-state index contributed by atoms with van der Waals surface area (Å²) in [5.74, 6) is 0. The summed E-state index contributed by atoms with van der Waals surface area (Å²) in [6.07, 6.45) is 0. The standard InChI is InChI=1S/C36H25OPS2/c37-38(40-39)36-19-17-28(18-20-36)33-23-34(31-15-7-13-29(21-31)26-9-3-1-4-10-26)25-35(24-33)32-16-8-14-30(22-32)27-11-5-2-6-12-27/h1-25H. The molecule has 6 aromatic carbocycles. The van der Waals surface area contributed by atoms with Crippen LogP contribution in [0.25, 0.3) is 55.6 Å². The zero-order valence-corrected chi connectivity index (χ0v) is 24.1. The fourth-order valence-electron chi connectivity index (χ4n) is 4.96. The van der Waals surface area contributed by atoms with Crippen LogP contribution in [0.4, 0.5) is 0 Å². The van der Waals surface area contributed by atoms with Gasteiger partial charge in [-0.25, -0.2) is 0 Å². The number of hydrogen-bond donors (Lipinski definition) is 0. The molecule has 0 aliphatic rings. The van der Waals surface area contributed by atoms with Crippen LogP contribution in [0.15, 0.2) is 152 Å². The zero-order valence-electron chi connectivity index (χ0n) is 21.6. The molecule has 6 aromatic rings. The molecule has 4 heteroatoms. The first-order chi connectivity index (χ1) is 19.7. The first-order valence-electron chi connectivity index (χ1n) is 13.0. The second-order valence-corrected chi connectivity index (χ2v) is 13.5. The molecular formula is C36H25OPS2. The maximum Gasteiger partial charge on any atom is 0.197 e. The molecule has 0 aliphatic carbocycles. The van der Waals surface area contributed by atoms with Gasteiger partial charge in [-0.05, 0) is 119 Å². The fraction of sp³-hybridized carbons (Fsp3) is 0. The van der Waals surface area contributed by atoms with Gasteiger partial charge in [0.05, 0.1) is 0 Å². The topological polar surface area (TPSA) is 17.1 Å². The summed E-state index contributed by atoms with van der Waals surface area (Å²) in [4.78, 5) is 0. The van der Waals surface area contributed by atoms with Gasteiger partial charge in [0, 0.05) is 5.30 Å². The van der Waals surface area contributed by atoms with Gasteiger partial charge in [0.2, 0.25) is 0 Å². The summed E-state index contributed by atoms with van der Waals surface area (Å²) in [5, 5.41) is 0.765. The van der Waals surface area contributed by atoms with Crippen molar-refractivity contribution in [1.82, 2.24) is 0 Å². The van der Waals surface area contributed by atoms with E-state index in [0.717, 1.165) is 48.2 Å². The third kappa shape index (κ3) is 5.73. The van der Waals surface area contributed by atoms with Crippen molar-refractivity contribution in [2.45, 2.75) is 0 Å². The van der Waals surface area contributed by atoms with Gasteiger partial charge in [-0.15, -0.1) is 0 Å². The van der Waals surface area contributed by atoms with Crippen molar-refractivity contribution in [2.75, 3.05) is 0 Å². The van der Waals surface area contributed by atoms with Crippen molar-refractivity contribution >= 4 is 32.6 Å². The second-order valence-electron chi connectivity index (χ2n) is 9.57. The number of hydrogen-bond acceptors (Lipinski definition) is 2. The minimum absolute atomic E-state index is 0.765. The van der Waals surface area contributed by atoms with Crippen LogP contribution in [0.5, 0.6) is 0 Å². The average molecular weight is 569 g/mol. The average Bonchev–Trinajstić information content (AvgIpc) is 3.05. The monoisotopic (exact) mass is 568 g/mol. The van der Waals surface area contributed by atoms with Crippen LogP contribution >= 0.6 is 6.58 Å². The van der Waals surface area contributed by atoms with E-state index in [4.69, 9.17) is 11.2 Å². The predicted octanol–water partition coefficient (Wildman–Crippen LogP) is 9.93. The zero-order chi connectivity index (χ0) is 27.3. The highest BCUT2D eigenvalue weighted by atomic mass is 32.9. The van der Waals surface area contributed by atoms with Crippen LogP contribution in [0.3, 0.4) is 0 Å². The molecule has 0 heterocycles. The molecule has 6 rings (SSSR count). The lowest BCUT2D eigenvalue weighted by Crippen LogP contribution is -1.92. The molecule has 0 saturated carbocycles. The van der Waals surface area contributed by atoms with E-state index in [1.54, 1.807) is 0 Å². The number of rotatable bonds is 6. The van der Waals surface area contributed by atoms with Gasteiger partial charge in [0.25, 0.3) is 0 Å². The van der Waals surface area contributed by atoms with Gasteiger partial charge in [0.1, 0.15) is 0 Å². The van der Waals surface area contributed by atoms with Crippen LogP contribution in [0.1, 0.15) is 0 Å². The Labute approximate surface area is 243 Å². The van der Waals surface area contributed by atoms with E-state index in [1.807, 2.05) is 36.4 Å². The lowest BCUT2D eigenvalue weighted by atomic mass is 9.91. The maximum atomic E-state index is 12.2. The van der Waals surface area contributed by atoms with Crippen LogP contribution in [0.2, 0.25) is 0 Å². The highest BCUT2D eigenvalue weighted by Crippen LogP contribution is 2.35. The Morgan fingerprint density at radius 2 is 0.700 bits per heavy atom. The molecule has 0 fully saturated rings. The largest absolute Gasteiger partial charge is 0.265 e. The van der Waals surface area contributed by atoms with Crippen LogP contribution in [-0.4, -0.2) is 0 Å². The summed E-state index contributed by atoms with van der Waals surface area (Å²) in [5.41, 5.74) is 11.5. The van der Waals surface area contributed by atoms with Gasteiger partial charge in [0.15, 0.2) is 6.58 Å². The van der Waals surface area contributed by atoms with Crippen molar-refractivity contribution in [1.29, 1.82) is 0 Å². The van der Waals surface area contributed by atoms with Gasteiger partial charge in [-0.3, -0.25) is 4.57 Å². The van der Waals surface area contributed by atoms with E-state index in [0.29, 0.717) is 0 Å². The van der Waals surface area contributed by atoms with Crippen molar-refractivity contribution in [2.24, 2.45) is 0 Å². The molecule has 0 spiro atoms. The Kier molecular flexibility index (Phi) is 7.79. The highest BCUT2D eigenvalue weighted by Gasteiger charge is 2.10. The van der Waals surface area contributed by atoms with E-state index in [-0.39, 0.29) is 0 Å². The third-order valence-electron chi connectivity index (χ3n) is 7.02. The first kappa shape index (κ1) is 26.1. The van der Waals surface area contributed by atoms with E-state index in [9.17, 15) is 4.57 Å². The van der Waals surface area contributed by atoms with Gasteiger partial charge in [-0.2, -0.15) is 0 Å². The van der Waals surface area contributed by atoms with E-state index < -0.39 is 6.58 Å². The van der Waals surface area contributed by atoms with Crippen LogP contribution < -0.4 is 5.30 Å². The van der Waals surface area contributed by atoms with E-state index in [2.05, 4.69) is 115 Å². The molecule has 1 nitrogen and oxygen atoms in total. The Bertz CT molecular complexity index is 1800. The molecule has 0 N–H and O–H groups in total. The Hall–Kier alpha value is -4.14. The first-order valence-corrected chi connectivity index (χ1v) is 16.6. The summed E-state index contributed by atoms with van der Waals surface area (Å²) in [7, 11) is 0.971. The minimum atomic E-state index is -1.61. The summed E-state index contributed by atoms with van der Waals surface area (Å²) < 4.78 is 12.2. The normalized spacial score (nSPS) is 11.2. The summed E-state index contributed by atoms with van der Waals surface area (Å²) >= 11 is 4.95. The third-order valence-corrected chi connectivity index (χ3v) is 10.1. The Morgan fingerprint density at radius 3 is 1.12 bits per heavy atom. The maximum absolute atomic E-state index is 12.2. The van der Waals surface area contributed by atoms with Crippen LogP contribution in [-0.2, 0) is 25.3 Å². The SMILES string of the molecule is O=P(=S=S)c1ccc(-c2cc(-c3cccc(-c4ccccc4)c3)cc(-c3cccc(-c4ccccc4)c3)c2)cc1. The van der Waals surface area contributed by atoms with Crippen molar-refractivity contribution in [3.8, 4) is 55.6 Å². The quantitative estimate of drug-likeness (QED) is 0.186. The lowest BCUT2D eigenvalue weighted by Gasteiger charge is -2.13. The van der Waals surface area contributed by atoms with Gasteiger partial charge >= 0.3 is 0 Å². The number of benzene rings is 6. The second kappa shape index (κ2) is 11.9. The predicted molar refractivity (Wildman–Crippen MR) is 176 cm³/mol. The van der Waals surface area contributed by atoms with Crippen molar-refractivity contribution in [3.63, 3.8) is 0 Å². The lowest BCUT2D eigenvalue weighted by molar-refractivity contribution is 0.602. The summed E-state index contributed by atoms with van der Waals surface area (Å²) in [6, 6.07) is 53.0.